The summed E-state index contributed by atoms with van der Waals surface area (Å²) in [5, 5.41) is 21.2. The van der Waals surface area contributed by atoms with Gasteiger partial charge in [0.25, 0.3) is 5.91 Å². The van der Waals surface area contributed by atoms with Crippen molar-refractivity contribution in [1.82, 2.24) is 0 Å². The lowest BCUT2D eigenvalue weighted by Gasteiger charge is -2.19. The third kappa shape index (κ3) is 3.56. The highest BCUT2D eigenvalue weighted by molar-refractivity contribution is 9.09. The molecule has 0 spiro atoms. The summed E-state index contributed by atoms with van der Waals surface area (Å²) in [6.45, 7) is 1.35. The van der Waals surface area contributed by atoms with E-state index in [1.807, 2.05) is 6.07 Å². The van der Waals surface area contributed by atoms with E-state index < -0.39 is 17.5 Å². The van der Waals surface area contributed by atoms with Gasteiger partial charge in [0.2, 0.25) is 0 Å². The number of alkyl halides is 1. The molecule has 0 saturated carbocycles. The maximum atomic E-state index is 11.8. The number of nitrogens with zero attached hydrogens (tertiary/aromatic N) is 1. The van der Waals surface area contributed by atoms with E-state index in [1.54, 1.807) is 0 Å². The zero-order valence-electron chi connectivity index (χ0n) is 10.9. The third-order valence-corrected chi connectivity index (χ3v) is 3.64. The van der Waals surface area contributed by atoms with Crippen LogP contribution in [-0.4, -0.2) is 35.0 Å². The Labute approximate surface area is 124 Å². The first kappa shape index (κ1) is 16.1. The number of carbonyl (C=O) groups is 2. The molecule has 0 bridgehead atoms. The lowest BCUT2D eigenvalue weighted by molar-refractivity contribution is -0.130. The molecule has 0 fully saturated rings. The number of halogens is 1. The molecule has 1 aromatic carbocycles. The van der Waals surface area contributed by atoms with Crippen LogP contribution in [0.2, 0.25) is 0 Å². The van der Waals surface area contributed by atoms with E-state index in [9.17, 15) is 14.7 Å². The van der Waals surface area contributed by atoms with Crippen LogP contribution in [0.5, 0.6) is 0 Å². The number of benzene rings is 1. The molecule has 0 unspecified atom stereocenters. The van der Waals surface area contributed by atoms with E-state index in [2.05, 4.69) is 26.0 Å². The van der Waals surface area contributed by atoms with Crippen molar-refractivity contribution in [3.63, 3.8) is 0 Å². The fourth-order valence-corrected chi connectivity index (χ4v) is 1.58. The van der Waals surface area contributed by atoms with Gasteiger partial charge in [-0.05, 0) is 25.1 Å². The first-order valence-electron chi connectivity index (χ1n) is 5.58. The molecule has 0 heterocycles. The summed E-state index contributed by atoms with van der Waals surface area (Å²) < 4.78 is 4.57. The van der Waals surface area contributed by atoms with Gasteiger partial charge in [0.15, 0.2) is 0 Å². The molecule has 0 saturated heterocycles. The van der Waals surface area contributed by atoms with Crippen LogP contribution in [0.1, 0.15) is 22.8 Å². The molecule has 6 nitrogen and oxygen atoms in total. The summed E-state index contributed by atoms with van der Waals surface area (Å²) in [5.41, 5.74) is -1.11. The molecular weight excluding hydrogens is 328 g/mol. The fraction of sp³-hybridized carbons (Fsp3) is 0.308. The molecule has 1 amide bonds. The van der Waals surface area contributed by atoms with Gasteiger partial charge in [0.05, 0.1) is 18.2 Å². The van der Waals surface area contributed by atoms with Crippen LogP contribution in [0.3, 0.4) is 0 Å². The molecule has 20 heavy (non-hydrogen) atoms. The number of hydrogen-bond donors (Lipinski definition) is 2. The number of ether oxygens (including phenoxy) is 1. The highest BCUT2D eigenvalue weighted by atomic mass is 79.9. The minimum absolute atomic E-state index is 0.0475. The van der Waals surface area contributed by atoms with Crippen molar-refractivity contribution >= 4 is 33.5 Å². The molecule has 0 radical (unpaired) electrons. The van der Waals surface area contributed by atoms with Crippen molar-refractivity contribution in [2.75, 3.05) is 17.8 Å². The quantitative estimate of drug-likeness (QED) is 0.638. The third-order valence-electron chi connectivity index (χ3n) is 2.55. The van der Waals surface area contributed by atoms with E-state index in [0.29, 0.717) is 0 Å². The van der Waals surface area contributed by atoms with Crippen LogP contribution < -0.4 is 5.32 Å². The average Bonchev–Trinajstić information content (AvgIpc) is 2.46. The number of hydrogen-bond acceptors (Lipinski definition) is 5. The Bertz CT molecular complexity index is 578. The minimum Gasteiger partial charge on any atom is -0.465 e. The van der Waals surface area contributed by atoms with Crippen molar-refractivity contribution in [1.29, 1.82) is 5.26 Å². The number of methoxy groups -OCH3 is 1. The lowest BCUT2D eigenvalue weighted by Crippen LogP contribution is -2.41. The van der Waals surface area contributed by atoms with Crippen molar-refractivity contribution < 1.29 is 19.4 Å². The summed E-state index contributed by atoms with van der Waals surface area (Å²) in [6.07, 6.45) is 0. The minimum atomic E-state index is -1.58. The first-order chi connectivity index (χ1) is 9.35. The number of aliphatic hydroxyl groups is 1. The Kier molecular flexibility index (Phi) is 5.25. The van der Waals surface area contributed by atoms with Gasteiger partial charge in [-0.3, -0.25) is 4.79 Å². The Balaban J connectivity index is 3.08. The molecule has 1 atom stereocenters. The largest absolute Gasteiger partial charge is 0.465 e. The second kappa shape index (κ2) is 6.50. The molecule has 2 N–H and O–H groups in total. The van der Waals surface area contributed by atoms with Crippen LogP contribution in [0, 0.1) is 11.3 Å². The van der Waals surface area contributed by atoms with Gasteiger partial charge >= 0.3 is 5.97 Å². The fourth-order valence-electron chi connectivity index (χ4n) is 1.32. The predicted molar refractivity (Wildman–Crippen MR) is 75.5 cm³/mol. The van der Waals surface area contributed by atoms with Gasteiger partial charge in [0.1, 0.15) is 11.7 Å². The first-order valence-corrected chi connectivity index (χ1v) is 6.70. The number of rotatable bonds is 4. The van der Waals surface area contributed by atoms with Gasteiger partial charge < -0.3 is 15.2 Å². The van der Waals surface area contributed by atoms with Gasteiger partial charge in [-0.2, -0.15) is 5.26 Å². The van der Waals surface area contributed by atoms with E-state index in [0.717, 1.165) is 0 Å². The second-order valence-electron chi connectivity index (χ2n) is 4.23. The van der Waals surface area contributed by atoms with Gasteiger partial charge in [-0.15, -0.1) is 0 Å². The zero-order chi connectivity index (χ0) is 15.3. The number of amides is 1. The second-order valence-corrected chi connectivity index (χ2v) is 4.79. The number of esters is 1. The molecule has 0 aliphatic rings. The van der Waals surface area contributed by atoms with E-state index in [4.69, 9.17) is 5.26 Å². The highest BCUT2D eigenvalue weighted by Gasteiger charge is 2.29. The maximum Gasteiger partial charge on any atom is 0.339 e. The predicted octanol–water partition coefficient (Wildman–Crippen LogP) is 1.43. The van der Waals surface area contributed by atoms with E-state index >= 15 is 0 Å². The molecule has 0 aliphatic heterocycles. The van der Waals surface area contributed by atoms with Crippen molar-refractivity contribution in [2.24, 2.45) is 0 Å². The monoisotopic (exact) mass is 340 g/mol. The molecular formula is C13H13BrN2O4. The summed E-state index contributed by atoms with van der Waals surface area (Å²) in [6, 6.07) is 6.05. The Morgan fingerprint density at radius 2 is 2.20 bits per heavy atom. The topological polar surface area (TPSA) is 99.4 Å². The van der Waals surface area contributed by atoms with Crippen molar-refractivity contribution in [2.45, 2.75) is 12.5 Å². The maximum absolute atomic E-state index is 11.8. The van der Waals surface area contributed by atoms with Gasteiger partial charge in [0, 0.05) is 11.0 Å². The normalized spacial score (nSPS) is 12.9. The van der Waals surface area contributed by atoms with E-state index in [1.165, 1.54) is 32.2 Å². The van der Waals surface area contributed by atoms with Gasteiger partial charge in [-0.25, -0.2) is 4.79 Å². The summed E-state index contributed by atoms with van der Waals surface area (Å²) in [4.78, 5) is 23.3. The summed E-state index contributed by atoms with van der Waals surface area (Å²) >= 11 is 3.03. The summed E-state index contributed by atoms with van der Waals surface area (Å²) in [7, 11) is 1.20. The smallest absolute Gasteiger partial charge is 0.339 e. The highest BCUT2D eigenvalue weighted by Crippen LogP contribution is 2.18. The van der Waals surface area contributed by atoms with Crippen LogP contribution >= 0.6 is 15.9 Å². The number of nitrogens with one attached hydrogen (secondary N) is 1. The van der Waals surface area contributed by atoms with Crippen molar-refractivity contribution in [3.8, 4) is 6.07 Å². The Hall–Kier alpha value is -1.91. The van der Waals surface area contributed by atoms with Crippen LogP contribution in [0.25, 0.3) is 0 Å². The molecule has 0 aromatic heterocycles. The zero-order valence-corrected chi connectivity index (χ0v) is 12.5. The molecule has 0 aliphatic carbocycles. The Morgan fingerprint density at radius 1 is 1.55 bits per heavy atom. The average molecular weight is 341 g/mol. The summed E-state index contributed by atoms with van der Waals surface area (Å²) in [5.74, 6) is -1.31. The molecule has 1 aromatic rings. The number of carbonyl (C=O) groups excluding carboxylic acids is 2. The van der Waals surface area contributed by atoms with Crippen molar-refractivity contribution in [3.05, 3.63) is 29.3 Å². The Morgan fingerprint density at radius 3 is 2.70 bits per heavy atom. The number of anilines is 1. The molecule has 7 heteroatoms. The molecule has 106 valence electrons. The van der Waals surface area contributed by atoms with Crippen LogP contribution in [0.15, 0.2) is 18.2 Å². The van der Waals surface area contributed by atoms with Crippen LogP contribution in [-0.2, 0) is 9.53 Å². The van der Waals surface area contributed by atoms with Gasteiger partial charge in [-0.1, -0.05) is 15.9 Å². The standard InChI is InChI=1S/C13H13BrN2O4/c1-13(19,7-14)12(18)16-9-4-3-8(6-15)10(5-9)11(17)20-2/h3-5,19H,7H2,1-2H3,(H,16,18)/t13-/m0/s1. The molecule has 1 rings (SSSR count). The van der Waals surface area contributed by atoms with Crippen LogP contribution in [0.4, 0.5) is 5.69 Å². The SMILES string of the molecule is COC(=O)c1cc(NC(=O)[C@@](C)(O)CBr)ccc1C#N. The lowest BCUT2D eigenvalue weighted by atomic mass is 10.1. The van der Waals surface area contributed by atoms with E-state index in [-0.39, 0.29) is 22.1 Å². The number of nitriles is 1.